The van der Waals surface area contributed by atoms with Gasteiger partial charge in [-0.05, 0) is 26.0 Å². The Morgan fingerprint density at radius 1 is 1.29 bits per heavy atom. The number of aromatic nitrogens is 2. The number of amides is 1. The number of hydrogen-bond donors (Lipinski definition) is 1. The van der Waals surface area contributed by atoms with E-state index in [0.29, 0.717) is 5.75 Å². The average Bonchev–Trinajstić information content (AvgIpc) is 2.99. The number of carbonyl (C=O) groups is 2. The molecule has 0 bridgehead atoms. The summed E-state index contributed by atoms with van der Waals surface area (Å²) < 4.78 is 6.85. The predicted octanol–water partition coefficient (Wildman–Crippen LogP) is 2.21. The maximum Gasteiger partial charge on any atom is 0.305 e. The Kier molecular flexibility index (Phi) is 5.57. The van der Waals surface area contributed by atoms with Crippen LogP contribution in [-0.4, -0.2) is 51.4 Å². The summed E-state index contributed by atoms with van der Waals surface area (Å²) in [6, 6.07) is 9.22. The van der Waals surface area contributed by atoms with Gasteiger partial charge >= 0.3 is 5.97 Å². The number of methoxy groups -OCH3 is 1. The lowest BCUT2D eigenvalue weighted by atomic mass is 10.2. The summed E-state index contributed by atoms with van der Waals surface area (Å²) in [5, 5.41) is 13.2. The van der Waals surface area contributed by atoms with Crippen molar-refractivity contribution in [1.82, 2.24) is 14.7 Å². The highest BCUT2D eigenvalue weighted by Crippen LogP contribution is 2.22. The van der Waals surface area contributed by atoms with Gasteiger partial charge < -0.3 is 14.7 Å². The van der Waals surface area contributed by atoms with E-state index in [1.165, 1.54) is 12.0 Å². The Morgan fingerprint density at radius 2 is 1.96 bits per heavy atom. The summed E-state index contributed by atoms with van der Waals surface area (Å²) in [7, 11) is 1.47. The average molecular weight is 331 g/mol. The van der Waals surface area contributed by atoms with Gasteiger partial charge in [0.25, 0.3) is 5.91 Å². The van der Waals surface area contributed by atoms with Gasteiger partial charge in [0.05, 0.1) is 25.4 Å². The van der Waals surface area contributed by atoms with Crippen molar-refractivity contribution in [3.8, 4) is 11.4 Å². The van der Waals surface area contributed by atoms with Crippen molar-refractivity contribution in [1.29, 1.82) is 0 Å². The van der Waals surface area contributed by atoms with Crippen LogP contribution in [0.15, 0.2) is 36.5 Å². The first kappa shape index (κ1) is 17.5. The van der Waals surface area contributed by atoms with Gasteiger partial charge in [0, 0.05) is 12.6 Å². The zero-order valence-electron chi connectivity index (χ0n) is 14.0. The van der Waals surface area contributed by atoms with Crippen LogP contribution in [0.5, 0.6) is 5.75 Å². The van der Waals surface area contributed by atoms with Gasteiger partial charge in [-0.25, -0.2) is 4.68 Å². The molecule has 0 aliphatic rings. The molecule has 0 aliphatic carbocycles. The minimum atomic E-state index is -0.949. The van der Waals surface area contributed by atoms with E-state index in [9.17, 15) is 9.59 Å². The maximum absolute atomic E-state index is 12.8. The molecule has 2 aromatic rings. The smallest absolute Gasteiger partial charge is 0.305 e. The van der Waals surface area contributed by atoms with E-state index in [1.807, 2.05) is 44.2 Å². The van der Waals surface area contributed by atoms with Crippen molar-refractivity contribution in [3.63, 3.8) is 0 Å². The molecule has 1 aromatic carbocycles. The van der Waals surface area contributed by atoms with Crippen LogP contribution in [-0.2, 0) is 4.79 Å². The van der Waals surface area contributed by atoms with E-state index in [2.05, 4.69) is 5.10 Å². The van der Waals surface area contributed by atoms with Crippen molar-refractivity contribution >= 4 is 11.9 Å². The van der Waals surface area contributed by atoms with Crippen LogP contribution in [0.25, 0.3) is 5.69 Å². The molecule has 0 unspecified atom stereocenters. The second kappa shape index (κ2) is 7.63. The molecule has 24 heavy (non-hydrogen) atoms. The SMILES string of the molecule is COc1cn(-c2ccccc2)nc1C(=O)N(CCC(=O)O)C(C)C. The summed E-state index contributed by atoms with van der Waals surface area (Å²) in [6.45, 7) is 3.79. The van der Waals surface area contributed by atoms with Gasteiger partial charge in [-0.2, -0.15) is 5.10 Å². The third-order valence-corrected chi connectivity index (χ3v) is 3.57. The molecular formula is C17H21N3O4. The zero-order valence-corrected chi connectivity index (χ0v) is 14.0. The summed E-state index contributed by atoms with van der Waals surface area (Å²) in [6.07, 6.45) is 1.52. The topological polar surface area (TPSA) is 84.7 Å². The summed E-state index contributed by atoms with van der Waals surface area (Å²) in [5.41, 5.74) is 0.969. The van der Waals surface area contributed by atoms with Crippen LogP contribution in [0.3, 0.4) is 0 Å². The Balaban J connectivity index is 2.33. The monoisotopic (exact) mass is 331 g/mol. The number of ether oxygens (including phenoxy) is 1. The molecule has 1 N–H and O–H groups in total. The Labute approximate surface area is 140 Å². The highest BCUT2D eigenvalue weighted by molar-refractivity contribution is 5.95. The van der Waals surface area contributed by atoms with Gasteiger partial charge in [-0.1, -0.05) is 18.2 Å². The van der Waals surface area contributed by atoms with Gasteiger partial charge in [0.1, 0.15) is 0 Å². The number of aliphatic carboxylic acids is 1. The summed E-state index contributed by atoms with van der Waals surface area (Å²) in [4.78, 5) is 25.1. The van der Waals surface area contributed by atoms with E-state index in [4.69, 9.17) is 9.84 Å². The number of carbonyl (C=O) groups excluding carboxylic acids is 1. The van der Waals surface area contributed by atoms with E-state index >= 15 is 0 Å². The third kappa shape index (κ3) is 3.92. The first-order valence-corrected chi connectivity index (χ1v) is 7.66. The van der Waals surface area contributed by atoms with Crippen LogP contribution < -0.4 is 4.74 Å². The second-order valence-electron chi connectivity index (χ2n) is 5.56. The van der Waals surface area contributed by atoms with Crippen molar-refractivity contribution in [2.24, 2.45) is 0 Å². The van der Waals surface area contributed by atoms with E-state index in [0.717, 1.165) is 5.69 Å². The normalized spacial score (nSPS) is 10.7. The molecule has 7 nitrogen and oxygen atoms in total. The highest BCUT2D eigenvalue weighted by Gasteiger charge is 2.26. The Bertz CT molecular complexity index is 710. The van der Waals surface area contributed by atoms with Crippen LogP contribution in [0.2, 0.25) is 0 Å². The fourth-order valence-corrected chi connectivity index (χ4v) is 2.32. The lowest BCUT2D eigenvalue weighted by molar-refractivity contribution is -0.137. The molecule has 1 aromatic heterocycles. The number of nitrogens with zero attached hydrogens (tertiary/aromatic N) is 3. The molecule has 2 rings (SSSR count). The largest absolute Gasteiger partial charge is 0.493 e. The molecule has 0 fully saturated rings. The van der Waals surface area contributed by atoms with Crippen molar-refractivity contribution < 1.29 is 19.4 Å². The van der Waals surface area contributed by atoms with Crippen molar-refractivity contribution in [2.75, 3.05) is 13.7 Å². The maximum atomic E-state index is 12.8. The van der Waals surface area contributed by atoms with Crippen LogP contribution >= 0.6 is 0 Å². The zero-order chi connectivity index (χ0) is 17.7. The lowest BCUT2D eigenvalue weighted by Gasteiger charge is -2.25. The fraction of sp³-hybridized carbons (Fsp3) is 0.353. The quantitative estimate of drug-likeness (QED) is 0.841. The number of rotatable bonds is 7. The number of carboxylic acid groups (broad SMARTS) is 1. The molecule has 128 valence electrons. The lowest BCUT2D eigenvalue weighted by Crippen LogP contribution is -2.39. The number of benzene rings is 1. The van der Waals surface area contributed by atoms with E-state index in [1.54, 1.807) is 10.9 Å². The summed E-state index contributed by atoms with van der Waals surface area (Å²) in [5.74, 6) is -0.946. The number of hydrogen-bond acceptors (Lipinski definition) is 4. The van der Waals surface area contributed by atoms with Gasteiger partial charge in [-0.15, -0.1) is 0 Å². The minimum absolute atomic E-state index is 0.118. The predicted molar refractivity (Wildman–Crippen MR) is 88.5 cm³/mol. The van der Waals surface area contributed by atoms with Crippen LogP contribution in [0.4, 0.5) is 0 Å². The van der Waals surface area contributed by atoms with Crippen molar-refractivity contribution in [2.45, 2.75) is 26.3 Å². The summed E-state index contributed by atoms with van der Waals surface area (Å²) >= 11 is 0. The Morgan fingerprint density at radius 3 is 2.50 bits per heavy atom. The van der Waals surface area contributed by atoms with E-state index < -0.39 is 5.97 Å². The van der Waals surface area contributed by atoms with E-state index in [-0.39, 0.29) is 30.6 Å². The molecular weight excluding hydrogens is 310 g/mol. The molecule has 7 heteroatoms. The first-order chi connectivity index (χ1) is 11.4. The minimum Gasteiger partial charge on any atom is -0.493 e. The molecule has 1 amide bonds. The highest BCUT2D eigenvalue weighted by atomic mass is 16.5. The van der Waals surface area contributed by atoms with Crippen LogP contribution in [0.1, 0.15) is 30.8 Å². The van der Waals surface area contributed by atoms with Crippen molar-refractivity contribution in [3.05, 3.63) is 42.2 Å². The second-order valence-corrected chi connectivity index (χ2v) is 5.56. The first-order valence-electron chi connectivity index (χ1n) is 7.66. The third-order valence-electron chi connectivity index (χ3n) is 3.57. The molecule has 0 atom stereocenters. The molecule has 0 radical (unpaired) electrons. The number of carboxylic acids is 1. The molecule has 0 aliphatic heterocycles. The van der Waals surface area contributed by atoms with Gasteiger partial charge in [0.2, 0.25) is 0 Å². The molecule has 0 saturated carbocycles. The standard InChI is InChI=1S/C17H21N3O4/c1-12(2)19(10-9-15(21)22)17(23)16-14(24-3)11-20(18-16)13-7-5-4-6-8-13/h4-8,11-12H,9-10H2,1-3H3,(H,21,22). The number of para-hydroxylation sites is 1. The molecule has 1 heterocycles. The molecule has 0 saturated heterocycles. The Hall–Kier alpha value is -2.83. The fourth-order valence-electron chi connectivity index (χ4n) is 2.32. The van der Waals surface area contributed by atoms with Gasteiger partial charge in [-0.3, -0.25) is 9.59 Å². The van der Waals surface area contributed by atoms with Crippen LogP contribution in [0, 0.1) is 0 Å². The molecule has 0 spiro atoms. The van der Waals surface area contributed by atoms with Gasteiger partial charge in [0.15, 0.2) is 11.4 Å².